The van der Waals surface area contributed by atoms with E-state index in [1.165, 1.54) is 17.0 Å². The molecule has 0 fully saturated rings. The highest BCUT2D eigenvalue weighted by atomic mass is 32.1. The number of imidazole rings is 1. The summed E-state index contributed by atoms with van der Waals surface area (Å²) in [6.45, 7) is 4.11. The molecular formula is C38H37F3N6OS. The summed E-state index contributed by atoms with van der Waals surface area (Å²) in [6, 6.07) is 28.0. The summed E-state index contributed by atoms with van der Waals surface area (Å²) in [4.78, 5) is 19.9. The van der Waals surface area contributed by atoms with Crippen LogP contribution in [-0.4, -0.2) is 31.5 Å². The summed E-state index contributed by atoms with van der Waals surface area (Å²) in [5.74, 6) is -0.895. The van der Waals surface area contributed by atoms with Gasteiger partial charge in [0.25, 0.3) is 0 Å². The normalized spacial score (nSPS) is 12.8. The molecule has 49 heavy (non-hydrogen) atoms. The Morgan fingerprint density at radius 2 is 1.71 bits per heavy atom. The van der Waals surface area contributed by atoms with Crippen LogP contribution in [0.15, 0.2) is 104 Å². The Balaban J connectivity index is 1.45. The molecular weight excluding hydrogens is 646 g/mol. The lowest BCUT2D eigenvalue weighted by atomic mass is 9.88. The Morgan fingerprint density at radius 1 is 1.02 bits per heavy atom. The molecule has 1 aromatic heterocycles. The zero-order valence-electron chi connectivity index (χ0n) is 27.2. The topological polar surface area (TPSA) is 100.0 Å². The Morgan fingerprint density at radius 3 is 2.41 bits per heavy atom. The van der Waals surface area contributed by atoms with Gasteiger partial charge in [-0.2, -0.15) is 18.4 Å². The summed E-state index contributed by atoms with van der Waals surface area (Å²) in [6.07, 6.45) is -1.98. The Labute approximate surface area is 289 Å². The number of alkyl halides is 3. The minimum atomic E-state index is -4.60. The van der Waals surface area contributed by atoms with Gasteiger partial charge in [-0.3, -0.25) is 4.79 Å². The van der Waals surface area contributed by atoms with Crippen LogP contribution in [-0.2, 0) is 30.5 Å². The van der Waals surface area contributed by atoms with Gasteiger partial charge in [0.15, 0.2) is 5.11 Å². The molecule has 5 aromatic rings. The highest BCUT2D eigenvalue weighted by Crippen LogP contribution is 2.33. The molecule has 0 aliphatic rings. The molecule has 0 spiro atoms. The summed E-state index contributed by atoms with van der Waals surface area (Å²) in [5, 5.41) is 14.4. The van der Waals surface area contributed by atoms with E-state index in [9.17, 15) is 18.0 Å². The molecule has 0 amide bonds. The average molecular weight is 683 g/mol. The van der Waals surface area contributed by atoms with Crippen molar-refractivity contribution in [3.63, 3.8) is 0 Å². The van der Waals surface area contributed by atoms with Crippen LogP contribution in [0, 0.1) is 23.2 Å². The fourth-order valence-electron chi connectivity index (χ4n) is 5.91. The number of fused-ring (bicyclic) bond motifs is 1. The third-order valence-electron chi connectivity index (χ3n) is 8.43. The third kappa shape index (κ3) is 8.90. The van der Waals surface area contributed by atoms with Crippen LogP contribution in [0.3, 0.4) is 0 Å². The number of rotatable bonds is 12. The van der Waals surface area contributed by atoms with Crippen LogP contribution in [0.5, 0.6) is 0 Å². The van der Waals surface area contributed by atoms with E-state index in [2.05, 4.69) is 16.4 Å². The SMILES string of the molecule is CC(C)C[C@H](C(=O)Cc1cncn1Cc1ccc(C#N)cc1)C(N)N(Cc1ccccc1C(F)(F)F)C(=S)Nc1ccc2ccccc2c1. The van der Waals surface area contributed by atoms with Crippen LogP contribution in [0.2, 0.25) is 0 Å². The number of thiocarbonyl (C=S) groups is 1. The molecule has 2 atom stereocenters. The van der Waals surface area contributed by atoms with Crippen LogP contribution in [0.1, 0.15) is 48.2 Å². The fourth-order valence-corrected chi connectivity index (χ4v) is 6.21. The molecule has 4 aromatic carbocycles. The summed E-state index contributed by atoms with van der Waals surface area (Å²) in [7, 11) is 0. The van der Waals surface area contributed by atoms with E-state index in [1.807, 2.05) is 73.0 Å². The van der Waals surface area contributed by atoms with Crippen molar-refractivity contribution in [2.24, 2.45) is 17.6 Å². The molecule has 1 unspecified atom stereocenters. The highest BCUT2D eigenvalue weighted by Gasteiger charge is 2.36. The number of ketones is 1. The van der Waals surface area contributed by atoms with Crippen molar-refractivity contribution in [3.8, 4) is 6.07 Å². The van der Waals surface area contributed by atoms with Crippen LogP contribution >= 0.6 is 12.2 Å². The van der Waals surface area contributed by atoms with E-state index < -0.39 is 23.8 Å². The first-order valence-electron chi connectivity index (χ1n) is 15.9. The number of halogens is 3. The van der Waals surface area contributed by atoms with Gasteiger partial charge in [-0.1, -0.05) is 74.5 Å². The average Bonchev–Trinajstić information content (AvgIpc) is 3.51. The number of nitrogens with zero attached hydrogens (tertiary/aromatic N) is 4. The van der Waals surface area contributed by atoms with Crippen LogP contribution in [0.4, 0.5) is 18.9 Å². The minimum Gasteiger partial charge on any atom is -0.333 e. The van der Waals surface area contributed by atoms with Gasteiger partial charge < -0.3 is 20.5 Å². The van der Waals surface area contributed by atoms with Gasteiger partial charge in [0.2, 0.25) is 0 Å². The number of aromatic nitrogens is 2. The maximum atomic E-state index is 14.2. The van der Waals surface area contributed by atoms with E-state index in [0.29, 0.717) is 29.9 Å². The first-order chi connectivity index (χ1) is 23.4. The third-order valence-corrected chi connectivity index (χ3v) is 8.76. The lowest BCUT2D eigenvalue weighted by Crippen LogP contribution is -2.53. The first kappa shape index (κ1) is 35.3. The van der Waals surface area contributed by atoms with Crippen LogP contribution in [0.25, 0.3) is 10.8 Å². The van der Waals surface area contributed by atoms with E-state index in [0.717, 1.165) is 22.4 Å². The number of carbonyl (C=O) groups is 1. The Kier molecular flexibility index (Phi) is 11.1. The number of hydrogen-bond acceptors (Lipinski definition) is 5. The highest BCUT2D eigenvalue weighted by molar-refractivity contribution is 7.80. The van der Waals surface area contributed by atoms with Gasteiger partial charge in [0.05, 0.1) is 35.6 Å². The lowest BCUT2D eigenvalue weighted by Gasteiger charge is -2.37. The zero-order valence-corrected chi connectivity index (χ0v) is 28.0. The smallest absolute Gasteiger partial charge is 0.333 e. The summed E-state index contributed by atoms with van der Waals surface area (Å²) < 4.78 is 44.2. The Bertz CT molecular complexity index is 1960. The van der Waals surface area contributed by atoms with E-state index >= 15 is 0 Å². The largest absolute Gasteiger partial charge is 0.416 e. The first-order valence-corrected chi connectivity index (χ1v) is 16.3. The minimum absolute atomic E-state index is 0.00986. The summed E-state index contributed by atoms with van der Waals surface area (Å²) >= 11 is 5.85. The number of benzene rings is 4. The van der Waals surface area contributed by atoms with E-state index in [1.54, 1.807) is 30.7 Å². The number of hydrogen-bond donors (Lipinski definition) is 2. The Hall–Kier alpha value is -5.05. The molecule has 0 aliphatic heterocycles. The van der Waals surface area contributed by atoms with Crippen molar-refractivity contribution in [1.82, 2.24) is 14.5 Å². The molecule has 0 radical (unpaired) electrons. The fraction of sp³-hybridized carbons (Fsp3) is 0.263. The monoisotopic (exact) mass is 682 g/mol. The molecule has 11 heteroatoms. The molecule has 0 saturated heterocycles. The predicted octanol–water partition coefficient (Wildman–Crippen LogP) is 7.93. The van der Waals surface area contributed by atoms with Gasteiger partial charge in [-0.15, -0.1) is 0 Å². The maximum Gasteiger partial charge on any atom is 0.416 e. The van der Waals surface area contributed by atoms with Crippen molar-refractivity contribution >= 4 is 39.6 Å². The van der Waals surface area contributed by atoms with E-state index in [4.69, 9.17) is 23.2 Å². The van der Waals surface area contributed by atoms with Crippen molar-refractivity contribution in [3.05, 3.63) is 131 Å². The zero-order chi connectivity index (χ0) is 35.1. The molecule has 0 bridgehead atoms. The van der Waals surface area contributed by atoms with Crippen molar-refractivity contribution in [2.45, 2.75) is 52.1 Å². The van der Waals surface area contributed by atoms with Gasteiger partial charge in [-0.05, 0) is 76.8 Å². The number of Topliss-reactive ketones (excluding diaryl/α,β-unsaturated/α-hetero) is 1. The van der Waals surface area contributed by atoms with Crippen molar-refractivity contribution in [1.29, 1.82) is 5.26 Å². The second-order valence-electron chi connectivity index (χ2n) is 12.5. The molecule has 0 aliphatic carbocycles. The second kappa shape index (κ2) is 15.4. The number of carbonyl (C=O) groups excluding carboxylic acids is 1. The van der Waals surface area contributed by atoms with E-state index in [-0.39, 0.29) is 35.3 Å². The summed E-state index contributed by atoms with van der Waals surface area (Å²) in [5.41, 5.74) is 8.91. The quantitative estimate of drug-likeness (QED) is 0.102. The molecule has 0 saturated carbocycles. The van der Waals surface area contributed by atoms with Gasteiger partial charge in [0.1, 0.15) is 5.78 Å². The van der Waals surface area contributed by atoms with Crippen LogP contribution < -0.4 is 11.1 Å². The van der Waals surface area contributed by atoms with Gasteiger partial charge >= 0.3 is 6.18 Å². The number of nitrogens with one attached hydrogen (secondary N) is 1. The lowest BCUT2D eigenvalue weighted by molar-refractivity contribution is -0.138. The van der Waals surface area contributed by atoms with Crippen molar-refractivity contribution in [2.75, 3.05) is 5.32 Å². The number of nitriles is 1. The standard InChI is InChI=1S/C38H37F3N6OS/c1-25(2)17-33(35(48)19-32-21-44-24-46(32)22-27-13-11-26(20-42)12-14-27)36(43)47(23-30-9-5-6-10-34(30)38(39,40)41)37(49)45-31-16-15-28-7-3-4-8-29(28)18-31/h3-16,18,21,24-25,33,36H,17,19,22-23,43H2,1-2H3,(H,45,49)/t33-,36?/m1/s1. The number of nitrogens with two attached hydrogens (primary N) is 1. The predicted molar refractivity (Wildman–Crippen MR) is 189 cm³/mol. The molecule has 1 heterocycles. The second-order valence-corrected chi connectivity index (χ2v) is 12.9. The molecule has 252 valence electrons. The number of anilines is 1. The van der Waals surface area contributed by atoms with Gasteiger partial charge in [0, 0.05) is 37.1 Å². The maximum absolute atomic E-state index is 14.2. The van der Waals surface area contributed by atoms with Crippen molar-refractivity contribution < 1.29 is 18.0 Å². The molecule has 7 nitrogen and oxygen atoms in total. The van der Waals surface area contributed by atoms with Gasteiger partial charge in [-0.25, -0.2) is 4.98 Å². The molecule has 5 rings (SSSR count). The molecule has 3 N–H and O–H groups in total.